The van der Waals surface area contributed by atoms with Crippen molar-refractivity contribution in [3.63, 3.8) is 0 Å². The summed E-state index contributed by atoms with van der Waals surface area (Å²) in [6.45, 7) is 0. The molecule has 0 fully saturated rings. The maximum atomic E-state index is 13.2. The summed E-state index contributed by atoms with van der Waals surface area (Å²) < 4.78 is 14.8. The van der Waals surface area contributed by atoms with Gasteiger partial charge in [-0.2, -0.15) is 0 Å². The number of nitrogens with zero attached hydrogens (tertiary/aromatic N) is 2. The van der Waals surface area contributed by atoms with Gasteiger partial charge < -0.3 is 0 Å². The van der Waals surface area contributed by atoms with E-state index in [2.05, 4.69) is 4.98 Å². The topological polar surface area (TPSA) is 34.9 Å². The Morgan fingerprint density at radius 1 is 1.19 bits per heavy atom. The van der Waals surface area contributed by atoms with Crippen molar-refractivity contribution in [2.45, 2.75) is 10.9 Å². The van der Waals surface area contributed by atoms with Crippen molar-refractivity contribution in [1.29, 1.82) is 0 Å². The molecule has 0 unspecified atom stereocenters. The molecule has 2 aromatic carbocycles. The van der Waals surface area contributed by atoms with Crippen LogP contribution in [-0.2, 0) is 12.8 Å². The molecule has 2 aromatic heterocycles. The summed E-state index contributed by atoms with van der Waals surface area (Å²) in [4.78, 5) is 18.3. The van der Waals surface area contributed by atoms with Crippen LogP contribution < -0.4 is 5.56 Å². The predicted molar refractivity (Wildman–Crippen MR) is 111 cm³/mol. The Morgan fingerprint density at radius 2 is 1.93 bits per heavy atom. The van der Waals surface area contributed by atoms with Gasteiger partial charge in [0, 0.05) is 28.8 Å². The van der Waals surface area contributed by atoms with Gasteiger partial charge in [0.1, 0.15) is 10.6 Å². The van der Waals surface area contributed by atoms with E-state index >= 15 is 0 Å². The van der Waals surface area contributed by atoms with Crippen molar-refractivity contribution in [3.05, 3.63) is 80.7 Å². The van der Waals surface area contributed by atoms with Crippen LogP contribution in [0.4, 0.5) is 4.39 Å². The molecule has 0 saturated heterocycles. The highest BCUT2D eigenvalue weighted by atomic mass is 35.5. The molecule has 4 aromatic rings. The molecule has 0 spiro atoms. The summed E-state index contributed by atoms with van der Waals surface area (Å²) >= 11 is 9.10. The van der Waals surface area contributed by atoms with E-state index in [-0.39, 0.29) is 11.4 Å². The summed E-state index contributed by atoms with van der Waals surface area (Å²) in [6, 6.07) is 13.8. The molecular weight excluding hydrogens is 403 g/mol. The van der Waals surface area contributed by atoms with Gasteiger partial charge in [0.25, 0.3) is 5.56 Å². The van der Waals surface area contributed by atoms with Crippen molar-refractivity contribution in [3.8, 4) is 11.1 Å². The van der Waals surface area contributed by atoms with E-state index in [0.29, 0.717) is 26.1 Å². The summed E-state index contributed by atoms with van der Waals surface area (Å²) in [5, 5.41) is 3.80. The first kappa shape index (κ1) is 18.2. The zero-order valence-corrected chi connectivity index (χ0v) is 16.7. The Hall–Kier alpha value is -2.15. The summed E-state index contributed by atoms with van der Waals surface area (Å²) in [6.07, 6.45) is 0. The molecular formula is C20H14ClFN2OS2. The molecule has 0 amide bonds. The molecule has 27 heavy (non-hydrogen) atoms. The second-order valence-corrected chi connectivity index (χ2v) is 8.18. The second-order valence-electron chi connectivity index (χ2n) is 5.98. The molecule has 7 heteroatoms. The first-order valence-corrected chi connectivity index (χ1v) is 10.4. The summed E-state index contributed by atoms with van der Waals surface area (Å²) in [5.41, 5.74) is 2.47. The second kappa shape index (κ2) is 7.46. The Bertz CT molecular complexity index is 1190. The minimum atomic E-state index is -0.303. The van der Waals surface area contributed by atoms with Crippen LogP contribution in [-0.4, -0.2) is 9.55 Å². The van der Waals surface area contributed by atoms with E-state index in [1.807, 2.05) is 29.6 Å². The zero-order valence-electron chi connectivity index (χ0n) is 14.3. The molecule has 0 radical (unpaired) electrons. The third-order valence-corrected chi connectivity index (χ3v) is 6.56. The van der Waals surface area contributed by atoms with Crippen LogP contribution in [0.1, 0.15) is 5.56 Å². The standard InChI is InChI=1S/C20H14ClFN2OS2/c1-24-19(25)17-15(12-6-8-14(22)9-7-12)11-26-18(17)23-20(24)27-10-13-4-2-3-5-16(13)21/h2-9,11H,10H2,1H3. The molecule has 0 aliphatic rings. The first-order chi connectivity index (χ1) is 13.0. The highest BCUT2D eigenvalue weighted by Gasteiger charge is 2.16. The largest absolute Gasteiger partial charge is 0.290 e. The highest BCUT2D eigenvalue weighted by molar-refractivity contribution is 7.98. The monoisotopic (exact) mass is 416 g/mol. The molecule has 136 valence electrons. The van der Waals surface area contributed by atoms with Crippen molar-refractivity contribution in [2.24, 2.45) is 7.05 Å². The van der Waals surface area contributed by atoms with Crippen LogP contribution >= 0.6 is 34.7 Å². The average Bonchev–Trinajstić information content (AvgIpc) is 3.09. The quantitative estimate of drug-likeness (QED) is 0.314. The molecule has 3 nitrogen and oxygen atoms in total. The van der Waals surface area contributed by atoms with Crippen LogP contribution in [0.5, 0.6) is 0 Å². The zero-order chi connectivity index (χ0) is 19.0. The van der Waals surface area contributed by atoms with Crippen LogP contribution in [0.2, 0.25) is 5.02 Å². The molecule has 0 N–H and O–H groups in total. The van der Waals surface area contributed by atoms with Crippen molar-refractivity contribution >= 4 is 44.9 Å². The third-order valence-electron chi connectivity index (χ3n) is 4.24. The van der Waals surface area contributed by atoms with Crippen molar-refractivity contribution < 1.29 is 4.39 Å². The van der Waals surface area contributed by atoms with Crippen molar-refractivity contribution in [2.75, 3.05) is 0 Å². The van der Waals surface area contributed by atoms with E-state index in [9.17, 15) is 9.18 Å². The fourth-order valence-electron chi connectivity index (χ4n) is 2.78. The molecule has 0 saturated carbocycles. The Labute approximate surface area is 168 Å². The number of thioether (sulfide) groups is 1. The maximum Gasteiger partial charge on any atom is 0.263 e. The minimum Gasteiger partial charge on any atom is -0.290 e. The summed E-state index contributed by atoms with van der Waals surface area (Å²) in [5.74, 6) is 0.323. The van der Waals surface area contributed by atoms with E-state index < -0.39 is 0 Å². The van der Waals surface area contributed by atoms with Gasteiger partial charge in [-0.25, -0.2) is 9.37 Å². The van der Waals surface area contributed by atoms with Gasteiger partial charge in [0.05, 0.1) is 5.39 Å². The SMILES string of the molecule is Cn1c(SCc2ccccc2Cl)nc2scc(-c3ccc(F)cc3)c2c1=O. The van der Waals surface area contributed by atoms with Gasteiger partial charge in [0.15, 0.2) is 5.16 Å². The van der Waals surface area contributed by atoms with Crippen LogP contribution in [0, 0.1) is 5.82 Å². The lowest BCUT2D eigenvalue weighted by atomic mass is 10.1. The van der Waals surface area contributed by atoms with Gasteiger partial charge in [0.2, 0.25) is 0 Å². The minimum absolute atomic E-state index is 0.109. The van der Waals surface area contributed by atoms with E-state index in [4.69, 9.17) is 11.6 Å². The Morgan fingerprint density at radius 3 is 2.67 bits per heavy atom. The summed E-state index contributed by atoms with van der Waals surface area (Å²) in [7, 11) is 1.72. The molecule has 0 atom stereocenters. The predicted octanol–water partition coefficient (Wildman–Crippen LogP) is 5.75. The molecule has 4 rings (SSSR count). The number of fused-ring (bicyclic) bond motifs is 1. The molecule has 0 aliphatic heterocycles. The number of hydrogen-bond donors (Lipinski definition) is 0. The van der Waals surface area contributed by atoms with Crippen molar-refractivity contribution in [1.82, 2.24) is 9.55 Å². The highest BCUT2D eigenvalue weighted by Crippen LogP contribution is 2.33. The van der Waals surface area contributed by atoms with Gasteiger partial charge in [-0.3, -0.25) is 9.36 Å². The number of halogens is 2. The maximum absolute atomic E-state index is 13.2. The Balaban J connectivity index is 1.73. The molecule has 0 bridgehead atoms. The third kappa shape index (κ3) is 3.52. The number of hydrogen-bond acceptors (Lipinski definition) is 4. The van der Waals surface area contributed by atoms with Gasteiger partial charge in [-0.05, 0) is 29.3 Å². The van der Waals surface area contributed by atoms with Gasteiger partial charge in [-0.1, -0.05) is 53.7 Å². The average molecular weight is 417 g/mol. The number of benzene rings is 2. The normalized spacial score (nSPS) is 11.2. The fourth-order valence-corrected chi connectivity index (χ4v) is 5.03. The fraction of sp³-hybridized carbons (Fsp3) is 0.100. The lowest BCUT2D eigenvalue weighted by molar-refractivity contribution is 0.628. The molecule has 0 aliphatic carbocycles. The lowest BCUT2D eigenvalue weighted by Crippen LogP contribution is -2.19. The van der Waals surface area contributed by atoms with E-state index in [0.717, 1.165) is 16.7 Å². The molecule has 2 heterocycles. The lowest BCUT2D eigenvalue weighted by Gasteiger charge is -2.09. The van der Waals surface area contributed by atoms with E-state index in [1.54, 1.807) is 23.7 Å². The Kier molecular flexibility index (Phi) is 5.04. The number of thiophene rings is 1. The number of aromatic nitrogens is 2. The van der Waals surface area contributed by atoms with E-state index in [1.165, 1.54) is 35.2 Å². The van der Waals surface area contributed by atoms with Crippen LogP contribution in [0.15, 0.2) is 63.9 Å². The van der Waals surface area contributed by atoms with Crippen LogP contribution in [0.25, 0.3) is 21.3 Å². The van der Waals surface area contributed by atoms with Gasteiger partial charge >= 0.3 is 0 Å². The number of rotatable bonds is 4. The van der Waals surface area contributed by atoms with Crippen LogP contribution in [0.3, 0.4) is 0 Å². The first-order valence-electron chi connectivity index (χ1n) is 8.15. The smallest absolute Gasteiger partial charge is 0.263 e. The van der Waals surface area contributed by atoms with Gasteiger partial charge in [-0.15, -0.1) is 11.3 Å².